The lowest BCUT2D eigenvalue weighted by atomic mass is 10.1. The summed E-state index contributed by atoms with van der Waals surface area (Å²) in [5.41, 5.74) is 1.71. The van der Waals surface area contributed by atoms with Crippen molar-refractivity contribution in [1.29, 1.82) is 0 Å². The number of rotatable bonds is 6. The molecular formula is C22H20ClN5O4S. The van der Waals surface area contributed by atoms with Crippen LogP contribution in [0, 0.1) is 0 Å². The highest BCUT2D eigenvalue weighted by molar-refractivity contribution is 7.99. The Hall–Kier alpha value is -2.73. The number of aromatic nitrogens is 4. The first kappa shape index (κ1) is 22.1. The van der Waals surface area contributed by atoms with Gasteiger partial charge < -0.3 is 25.4 Å². The lowest BCUT2D eigenvalue weighted by molar-refractivity contribution is -0.0548. The van der Waals surface area contributed by atoms with Crippen LogP contribution < -0.4 is 5.32 Å². The van der Waals surface area contributed by atoms with Gasteiger partial charge in [0.2, 0.25) is 0 Å². The maximum absolute atomic E-state index is 10.7. The van der Waals surface area contributed by atoms with E-state index >= 15 is 0 Å². The Kier molecular flexibility index (Phi) is 6.19. The van der Waals surface area contributed by atoms with Gasteiger partial charge in [-0.3, -0.25) is 4.57 Å². The lowest BCUT2D eigenvalue weighted by Crippen LogP contribution is -2.33. The predicted molar refractivity (Wildman–Crippen MR) is 124 cm³/mol. The molecule has 4 aromatic rings. The summed E-state index contributed by atoms with van der Waals surface area (Å²) in [6.45, 7) is -0.434. The lowest BCUT2D eigenvalue weighted by Gasteiger charge is -2.19. The van der Waals surface area contributed by atoms with Gasteiger partial charge in [-0.05, 0) is 36.4 Å². The Labute approximate surface area is 198 Å². The summed E-state index contributed by atoms with van der Waals surface area (Å²) < 4.78 is 7.42. The molecule has 1 aliphatic rings. The molecule has 9 nitrogen and oxygen atoms in total. The predicted octanol–water partition coefficient (Wildman–Crippen LogP) is 2.99. The molecule has 0 saturated carbocycles. The summed E-state index contributed by atoms with van der Waals surface area (Å²) in [5.74, 6) is 0.481. The quantitative estimate of drug-likeness (QED) is 0.326. The van der Waals surface area contributed by atoms with E-state index in [0.29, 0.717) is 27.2 Å². The van der Waals surface area contributed by atoms with Crippen molar-refractivity contribution in [3.63, 3.8) is 0 Å². The molecule has 3 heterocycles. The Bertz CT molecular complexity index is 1260. The second-order valence-electron chi connectivity index (χ2n) is 7.43. The minimum atomic E-state index is -1.29. The molecule has 2 aromatic heterocycles. The minimum Gasteiger partial charge on any atom is -0.394 e. The highest BCUT2D eigenvalue weighted by Crippen LogP contribution is 2.39. The number of benzene rings is 2. The second-order valence-corrected chi connectivity index (χ2v) is 8.91. The Morgan fingerprint density at radius 2 is 1.79 bits per heavy atom. The third-order valence-electron chi connectivity index (χ3n) is 5.28. The summed E-state index contributed by atoms with van der Waals surface area (Å²) in [6, 6.07) is 16.8. The van der Waals surface area contributed by atoms with Gasteiger partial charge in [-0.1, -0.05) is 41.6 Å². The van der Waals surface area contributed by atoms with Crippen LogP contribution in [0.5, 0.6) is 0 Å². The van der Waals surface area contributed by atoms with E-state index in [1.165, 1.54) is 18.1 Å². The molecular weight excluding hydrogens is 466 g/mol. The Morgan fingerprint density at radius 3 is 2.48 bits per heavy atom. The topological polar surface area (TPSA) is 126 Å². The molecule has 0 unspecified atom stereocenters. The van der Waals surface area contributed by atoms with E-state index in [9.17, 15) is 15.3 Å². The number of hydrogen-bond acceptors (Lipinski definition) is 9. The molecule has 0 aliphatic carbocycles. The standard InChI is InChI=1S/C22H20ClN5O4S/c23-12-6-8-14(9-7-12)33-22-27-16-19(26-13-4-2-1-3-5-13)24-11-25-20(16)28(22)21-18(31)17(30)15(10-29)32-21/h1-9,11,15,17-18,21,29-31H,10H2,(H,24,25,26)/t15-,17-,18-,21-/m1/s1. The van der Waals surface area contributed by atoms with E-state index in [1.54, 1.807) is 16.7 Å². The Morgan fingerprint density at radius 1 is 1.03 bits per heavy atom. The number of nitrogens with one attached hydrogen (secondary N) is 1. The van der Waals surface area contributed by atoms with E-state index in [1.807, 2.05) is 42.5 Å². The summed E-state index contributed by atoms with van der Waals surface area (Å²) in [4.78, 5) is 14.4. The van der Waals surface area contributed by atoms with Gasteiger partial charge >= 0.3 is 0 Å². The summed E-state index contributed by atoms with van der Waals surface area (Å²) in [5, 5.41) is 34.9. The monoisotopic (exact) mass is 485 g/mol. The van der Waals surface area contributed by atoms with Crippen LogP contribution in [-0.2, 0) is 4.74 Å². The number of fused-ring (bicyclic) bond motifs is 1. The number of para-hydroxylation sites is 1. The maximum atomic E-state index is 10.7. The molecule has 1 fully saturated rings. The molecule has 170 valence electrons. The van der Waals surface area contributed by atoms with Crippen molar-refractivity contribution < 1.29 is 20.1 Å². The van der Waals surface area contributed by atoms with Gasteiger partial charge in [0.05, 0.1) is 6.61 Å². The molecule has 33 heavy (non-hydrogen) atoms. The van der Waals surface area contributed by atoms with Crippen LogP contribution in [0.15, 0.2) is 71.0 Å². The third-order valence-corrected chi connectivity index (χ3v) is 6.51. The van der Waals surface area contributed by atoms with Crippen molar-refractivity contribution >= 4 is 46.0 Å². The number of anilines is 2. The van der Waals surface area contributed by atoms with Crippen molar-refractivity contribution in [2.24, 2.45) is 0 Å². The van der Waals surface area contributed by atoms with E-state index in [2.05, 4.69) is 15.3 Å². The normalized spacial score (nSPS) is 22.7. The summed E-state index contributed by atoms with van der Waals surface area (Å²) >= 11 is 7.34. The number of aliphatic hydroxyl groups is 3. The van der Waals surface area contributed by atoms with Crippen molar-refractivity contribution in [1.82, 2.24) is 19.5 Å². The van der Waals surface area contributed by atoms with Crippen molar-refractivity contribution in [3.8, 4) is 0 Å². The van der Waals surface area contributed by atoms with Crippen LogP contribution in [0.3, 0.4) is 0 Å². The molecule has 4 atom stereocenters. The number of nitrogens with zero attached hydrogens (tertiary/aromatic N) is 4. The molecule has 1 aliphatic heterocycles. The van der Waals surface area contributed by atoms with Crippen LogP contribution in [-0.4, -0.2) is 59.8 Å². The third kappa shape index (κ3) is 4.29. The fourth-order valence-corrected chi connectivity index (χ4v) is 4.68. The van der Waals surface area contributed by atoms with Crippen molar-refractivity contribution in [3.05, 3.63) is 65.9 Å². The van der Waals surface area contributed by atoms with Crippen LogP contribution in [0.2, 0.25) is 5.02 Å². The maximum Gasteiger partial charge on any atom is 0.177 e. The molecule has 0 bridgehead atoms. The van der Waals surface area contributed by atoms with Gasteiger partial charge in [-0.2, -0.15) is 0 Å². The number of aliphatic hydroxyl groups excluding tert-OH is 3. The van der Waals surface area contributed by atoms with E-state index in [4.69, 9.17) is 21.3 Å². The zero-order valence-corrected chi connectivity index (χ0v) is 18.7. The number of imidazole rings is 1. The van der Waals surface area contributed by atoms with Crippen LogP contribution in [0.25, 0.3) is 11.2 Å². The summed E-state index contributed by atoms with van der Waals surface area (Å²) in [6.07, 6.45) is -3.08. The Balaban J connectivity index is 1.62. The molecule has 5 rings (SSSR count). The molecule has 0 spiro atoms. The van der Waals surface area contributed by atoms with Crippen molar-refractivity contribution in [2.75, 3.05) is 11.9 Å². The number of hydrogen-bond donors (Lipinski definition) is 4. The van der Waals surface area contributed by atoms with Crippen LogP contribution in [0.4, 0.5) is 11.5 Å². The van der Waals surface area contributed by atoms with Gasteiger partial charge in [-0.25, -0.2) is 15.0 Å². The first-order chi connectivity index (χ1) is 16.0. The summed E-state index contributed by atoms with van der Waals surface area (Å²) in [7, 11) is 0. The van der Waals surface area contributed by atoms with Gasteiger partial charge in [-0.15, -0.1) is 0 Å². The minimum absolute atomic E-state index is 0.412. The van der Waals surface area contributed by atoms with Gasteiger partial charge in [0, 0.05) is 15.6 Å². The molecule has 4 N–H and O–H groups in total. The van der Waals surface area contributed by atoms with E-state index < -0.39 is 31.1 Å². The first-order valence-electron chi connectivity index (χ1n) is 10.2. The fourth-order valence-electron chi connectivity index (χ4n) is 3.64. The van der Waals surface area contributed by atoms with E-state index in [0.717, 1.165) is 10.6 Å². The molecule has 0 amide bonds. The zero-order chi connectivity index (χ0) is 22.9. The molecule has 0 radical (unpaired) electrons. The van der Waals surface area contributed by atoms with Crippen molar-refractivity contribution in [2.45, 2.75) is 34.6 Å². The first-order valence-corrected chi connectivity index (χ1v) is 11.4. The highest BCUT2D eigenvalue weighted by Gasteiger charge is 2.45. The van der Waals surface area contributed by atoms with Crippen LogP contribution >= 0.6 is 23.4 Å². The van der Waals surface area contributed by atoms with Gasteiger partial charge in [0.1, 0.15) is 24.6 Å². The van der Waals surface area contributed by atoms with Gasteiger partial charge in [0.25, 0.3) is 0 Å². The molecule has 1 saturated heterocycles. The molecule has 2 aromatic carbocycles. The van der Waals surface area contributed by atoms with Gasteiger partial charge in [0.15, 0.2) is 28.4 Å². The highest BCUT2D eigenvalue weighted by atomic mass is 35.5. The largest absolute Gasteiger partial charge is 0.394 e. The molecule has 11 heteroatoms. The average Bonchev–Trinajstić information content (AvgIpc) is 3.33. The zero-order valence-electron chi connectivity index (χ0n) is 17.1. The average molecular weight is 486 g/mol. The fraction of sp³-hybridized carbons (Fsp3) is 0.227. The number of halogens is 1. The van der Waals surface area contributed by atoms with Crippen LogP contribution in [0.1, 0.15) is 6.23 Å². The smallest absolute Gasteiger partial charge is 0.177 e. The SMILES string of the molecule is OC[C@H]1O[C@@H](n2c(Sc3ccc(Cl)cc3)nc3c(Nc4ccccc4)ncnc32)[C@H](O)[C@@H]1O. The number of ether oxygens (including phenoxy) is 1. The second kappa shape index (κ2) is 9.26. The van der Waals surface area contributed by atoms with E-state index in [-0.39, 0.29) is 0 Å².